The van der Waals surface area contributed by atoms with E-state index >= 15 is 0 Å². The summed E-state index contributed by atoms with van der Waals surface area (Å²) in [5, 5.41) is 6.13. The van der Waals surface area contributed by atoms with Gasteiger partial charge in [0.15, 0.2) is 6.29 Å². The number of methoxy groups -OCH3 is 2. The molecular weight excluding hydrogens is 208 g/mol. The van der Waals surface area contributed by atoms with E-state index in [1.165, 1.54) is 0 Å². The number of ether oxygens (including phenoxy) is 2. The fraction of sp³-hybridized carbons (Fsp3) is 0.909. The van der Waals surface area contributed by atoms with Crippen molar-refractivity contribution in [2.24, 2.45) is 0 Å². The summed E-state index contributed by atoms with van der Waals surface area (Å²) in [6.07, 6.45) is 1.50. The second kappa shape index (κ2) is 5.61. The van der Waals surface area contributed by atoms with Crippen molar-refractivity contribution in [3.8, 4) is 0 Å². The highest BCUT2D eigenvalue weighted by atomic mass is 16.7. The van der Waals surface area contributed by atoms with Gasteiger partial charge in [-0.25, -0.2) is 0 Å². The van der Waals surface area contributed by atoms with Gasteiger partial charge in [0.25, 0.3) is 0 Å². The Morgan fingerprint density at radius 1 is 1.44 bits per heavy atom. The zero-order valence-electron chi connectivity index (χ0n) is 10.5. The van der Waals surface area contributed by atoms with Crippen LogP contribution in [0.5, 0.6) is 0 Å². The Balaban J connectivity index is 2.50. The van der Waals surface area contributed by atoms with E-state index in [-0.39, 0.29) is 11.9 Å². The van der Waals surface area contributed by atoms with E-state index in [0.29, 0.717) is 0 Å². The summed E-state index contributed by atoms with van der Waals surface area (Å²) in [5.41, 5.74) is -0.444. The summed E-state index contributed by atoms with van der Waals surface area (Å²) in [6, 6.07) is -0.165. The van der Waals surface area contributed by atoms with Gasteiger partial charge in [-0.15, -0.1) is 0 Å². The van der Waals surface area contributed by atoms with Crippen LogP contribution in [0.3, 0.4) is 0 Å². The van der Waals surface area contributed by atoms with Gasteiger partial charge in [-0.3, -0.25) is 4.79 Å². The summed E-state index contributed by atoms with van der Waals surface area (Å²) in [4.78, 5) is 12.0. The van der Waals surface area contributed by atoms with Gasteiger partial charge in [0, 0.05) is 14.2 Å². The smallest absolute Gasteiger partial charge is 0.240 e. The Morgan fingerprint density at radius 3 is 2.50 bits per heavy atom. The van der Waals surface area contributed by atoms with E-state index in [4.69, 9.17) is 9.47 Å². The lowest BCUT2D eigenvalue weighted by Gasteiger charge is -2.28. The molecule has 0 saturated carbocycles. The molecule has 1 fully saturated rings. The van der Waals surface area contributed by atoms with E-state index in [0.717, 1.165) is 19.4 Å². The van der Waals surface area contributed by atoms with Crippen LogP contribution >= 0.6 is 0 Å². The summed E-state index contributed by atoms with van der Waals surface area (Å²) in [6.45, 7) is 4.70. The SMILES string of the molecule is COC(OC)C(C)NC(=O)C1(C)CCCN1. The van der Waals surface area contributed by atoms with Crippen molar-refractivity contribution in [2.75, 3.05) is 20.8 Å². The lowest BCUT2D eigenvalue weighted by molar-refractivity contribution is -0.139. The second-order valence-corrected chi connectivity index (χ2v) is 4.46. The van der Waals surface area contributed by atoms with Gasteiger partial charge in [0.2, 0.25) is 5.91 Å². The third kappa shape index (κ3) is 2.93. The fourth-order valence-corrected chi connectivity index (χ4v) is 2.03. The Hall–Kier alpha value is -0.650. The van der Waals surface area contributed by atoms with Crippen molar-refractivity contribution >= 4 is 5.91 Å². The van der Waals surface area contributed by atoms with Crippen molar-refractivity contribution in [1.82, 2.24) is 10.6 Å². The van der Waals surface area contributed by atoms with Crippen LogP contribution in [0.2, 0.25) is 0 Å². The molecule has 94 valence electrons. The average Bonchev–Trinajstić information content (AvgIpc) is 2.68. The van der Waals surface area contributed by atoms with E-state index in [2.05, 4.69) is 10.6 Å². The molecule has 1 aliphatic heterocycles. The maximum absolute atomic E-state index is 12.0. The van der Waals surface area contributed by atoms with Crippen LogP contribution in [-0.2, 0) is 14.3 Å². The average molecular weight is 230 g/mol. The monoisotopic (exact) mass is 230 g/mol. The van der Waals surface area contributed by atoms with Crippen molar-refractivity contribution in [3.05, 3.63) is 0 Å². The summed E-state index contributed by atoms with van der Waals surface area (Å²) in [7, 11) is 3.12. The molecular formula is C11H22N2O3. The molecule has 0 spiro atoms. The first kappa shape index (κ1) is 13.4. The number of carbonyl (C=O) groups excluding carboxylic acids is 1. The predicted octanol–water partition coefficient (Wildman–Crippen LogP) is 0.252. The van der Waals surface area contributed by atoms with Crippen molar-refractivity contribution in [3.63, 3.8) is 0 Å². The predicted molar refractivity (Wildman–Crippen MR) is 61.1 cm³/mol. The van der Waals surface area contributed by atoms with Crippen molar-refractivity contribution in [2.45, 2.75) is 44.6 Å². The Bertz CT molecular complexity index is 235. The van der Waals surface area contributed by atoms with E-state index in [1.54, 1.807) is 14.2 Å². The third-order valence-corrected chi connectivity index (χ3v) is 3.10. The van der Waals surface area contributed by atoms with Crippen LogP contribution < -0.4 is 10.6 Å². The minimum Gasteiger partial charge on any atom is -0.354 e. The first-order valence-electron chi connectivity index (χ1n) is 5.65. The molecule has 1 amide bonds. The molecule has 16 heavy (non-hydrogen) atoms. The van der Waals surface area contributed by atoms with Crippen LogP contribution in [-0.4, -0.2) is 44.5 Å². The molecule has 1 aliphatic rings. The molecule has 0 radical (unpaired) electrons. The van der Waals surface area contributed by atoms with Crippen molar-refractivity contribution < 1.29 is 14.3 Å². The Kier molecular flexibility index (Phi) is 4.70. The standard InChI is InChI=1S/C11H22N2O3/c1-8(9(15-3)16-4)13-10(14)11(2)6-5-7-12-11/h8-9,12H,5-7H2,1-4H3,(H,13,14). The number of nitrogens with one attached hydrogen (secondary N) is 2. The first-order valence-corrected chi connectivity index (χ1v) is 5.65. The van der Waals surface area contributed by atoms with Crippen LogP contribution in [0.4, 0.5) is 0 Å². The first-order chi connectivity index (χ1) is 7.53. The van der Waals surface area contributed by atoms with Gasteiger partial charge in [-0.05, 0) is 33.2 Å². The molecule has 2 atom stereocenters. The maximum Gasteiger partial charge on any atom is 0.240 e. The summed E-state index contributed by atoms with van der Waals surface area (Å²) < 4.78 is 10.2. The van der Waals surface area contributed by atoms with Crippen LogP contribution in [0.25, 0.3) is 0 Å². The number of amides is 1. The molecule has 1 saturated heterocycles. The molecule has 1 rings (SSSR count). The molecule has 0 aromatic heterocycles. The second-order valence-electron chi connectivity index (χ2n) is 4.46. The van der Waals surface area contributed by atoms with Crippen LogP contribution in [0.1, 0.15) is 26.7 Å². The zero-order chi connectivity index (χ0) is 12.2. The normalized spacial score (nSPS) is 27.1. The maximum atomic E-state index is 12.0. The highest BCUT2D eigenvalue weighted by Crippen LogP contribution is 2.18. The van der Waals surface area contributed by atoms with Gasteiger partial charge in [0.1, 0.15) is 0 Å². The van der Waals surface area contributed by atoms with Gasteiger partial charge in [-0.2, -0.15) is 0 Å². The quantitative estimate of drug-likeness (QED) is 0.665. The topological polar surface area (TPSA) is 59.6 Å². The fourth-order valence-electron chi connectivity index (χ4n) is 2.03. The highest BCUT2D eigenvalue weighted by Gasteiger charge is 2.37. The minimum atomic E-state index is -0.444. The number of rotatable bonds is 5. The Morgan fingerprint density at radius 2 is 2.06 bits per heavy atom. The van der Waals surface area contributed by atoms with E-state index < -0.39 is 11.8 Å². The molecule has 2 N–H and O–H groups in total. The summed E-state index contributed by atoms with van der Waals surface area (Å²) in [5.74, 6) is 0.0107. The van der Waals surface area contributed by atoms with Crippen molar-refractivity contribution in [1.29, 1.82) is 0 Å². The molecule has 2 unspecified atom stereocenters. The molecule has 5 nitrogen and oxygen atoms in total. The zero-order valence-corrected chi connectivity index (χ0v) is 10.5. The van der Waals surface area contributed by atoms with Gasteiger partial charge in [0.05, 0.1) is 11.6 Å². The molecule has 0 aliphatic carbocycles. The van der Waals surface area contributed by atoms with Crippen LogP contribution in [0.15, 0.2) is 0 Å². The lowest BCUT2D eigenvalue weighted by Crippen LogP contribution is -2.55. The number of carbonyl (C=O) groups is 1. The molecule has 0 aromatic carbocycles. The molecule has 5 heteroatoms. The van der Waals surface area contributed by atoms with Gasteiger partial charge in [-0.1, -0.05) is 0 Å². The molecule has 0 aromatic rings. The Labute approximate surface area is 96.9 Å². The number of hydrogen-bond donors (Lipinski definition) is 2. The minimum absolute atomic E-state index is 0.0107. The summed E-state index contributed by atoms with van der Waals surface area (Å²) >= 11 is 0. The van der Waals surface area contributed by atoms with E-state index in [1.807, 2.05) is 13.8 Å². The largest absolute Gasteiger partial charge is 0.354 e. The van der Waals surface area contributed by atoms with E-state index in [9.17, 15) is 4.79 Å². The molecule has 1 heterocycles. The highest BCUT2D eigenvalue weighted by molar-refractivity contribution is 5.86. The van der Waals surface area contributed by atoms with Crippen LogP contribution in [0, 0.1) is 0 Å². The molecule has 0 bridgehead atoms. The van der Waals surface area contributed by atoms with Gasteiger partial charge < -0.3 is 20.1 Å². The van der Waals surface area contributed by atoms with Gasteiger partial charge >= 0.3 is 0 Å². The lowest BCUT2D eigenvalue weighted by atomic mass is 9.99. The number of hydrogen-bond acceptors (Lipinski definition) is 4. The third-order valence-electron chi connectivity index (χ3n) is 3.10.